The standard InChI is InChI=1S/C23H25ClN2O2S/c24-22-19(14-28-22)26-13-17(16-9-4-5-10-18(16)26)23(27)25-21(20-11-6-12-29-20)15-7-2-1-3-8-15/h4-6,9-13,15,19,21-22H,1-3,7-8,14H2,(H,25,27). The van der Waals surface area contributed by atoms with Crippen molar-refractivity contribution in [2.45, 2.75) is 49.8 Å². The van der Waals surface area contributed by atoms with Gasteiger partial charge in [0.2, 0.25) is 0 Å². The fourth-order valence-electron chi connectivity index (χ4n) is 4.70. The third-order valence-corrected chi connectivity index (χ3v) is 7.70. The summed E-state index contributed by atoms with van der Waals surface area (Å²) in [5.74, 6) is 0.502. The van der Waals surface area contributed by atoms with Gasteiger partial charge in [-0.1, -0.05) is 55.1 Å². The second kappa shape index (κ2) is 8.13. The monoisotopic (exact) mass is 428 g/mol. The number of alkyl halides is 1. The molecule has 1 saturated carbocycles. The summed E-state index contributed by atoms with van der Waals surface area (Å²) in [5, 5.41) is 6.46. The van der Waals surface area contributed by atoms with E-state index >= 15 is 0 Å². The molecule has 3 heterocycles. The van der Waals surface area contributed by atoms with Gasteiger partial charge < -0.3 is 14.6 Å². The molecule has 5 rings (SSSR count). The summed E-state index contributed by atoms with van der Waals surface area (Å²) in [5.41, 5.74) is 1.40. The quantitative estimate of drug-likeness (QED) is 0.515. The van der Waals surface area contributed by atoms with Crippen LogP contribution in [-0.4, -0.2) is 22.6 Å². The van der Waals surface area contributed by atoms with Crippen molar-refractivity contribution in [2.75, 3.05) is 6.61 Å². The molecule has 1 N–H and O–H groups in total. The second-order valence-electron chi connectivity index (χ2n) is 8.08. The molecule has 2 aliphatic rings. The van der Waals surface area contributed by atoms with E-state index in [0.717, 1.165) is 10.9 Å². The fourth-order valence-corrected chi connectivity index (χ4v) is 5.83. The largest absolute Gasteiger partial charge is 0.358 e. The molecule has 2 aromatic heterocycles. The number of aromatic nitrogens is 1. The number of thiophene rings is 1. The fraction of sp³-hybridized carbons (Fsp3) is 0.435. The summed E-state index contributed by atoms with van der Waals surface area (Å²) >= 11 is 7.98. The highest BCUT2D eigenvalue weighted by Gasteiger charge is 2.34. The van der Waals surface area contributed by atoms with Crippen LogP contribution in [0.4, 0.5) is 0 Å². The highest BCUT2D eigenvalue weighted by Crippen LogP contribution is 2.38. The van der Waals surface area contributed by atoms with Crippen LogP contribution in [0.2, 0.25) is 0 Å². The van der Waals surface area contributed by atoms with Crippen molar-refractivity contribution in [3.05, 3.63) is 58.4 Å². The van der Waals surface area contributed by atoms with E-state index in [2.05, 4.69) is 27.4 Å². The predicted octanol–water partition coefficient (Wildman–Crippen LogP) is 5.89. The molecule has 4 nitrogen and oxygen atoms in total. The maximum absolute atomic E-state index is 13.4. The third-order valence-electron chi connectivity index (χ3n) is 6.33. The highest BCUT2D eigenvalue weighted by atomic mass is 35.5. The van der Waals surface area contributed by atoms with Crippen LogP contribution in [0.25, 0.3) is 10.9 Å². The summed E-state index contributed by atoms with van der Waals surface area (Å²) in [6, 6.07) is 12.4. The van der Waals surface area contributed by atoms with Gasteiger partial charge in [0.15, 0.2) is 5.56 Å². The van der Waals surface area contributed by atoms with Gasteiger partial charge in [-0.05, 0) is 36.3 Å². The molecule has 3 aromatic rings. The van der Waals surface area contributed by atoms with Crippen molar-refractivity contribution in [3.8, 4) is 0 Å². The van der Waals surface area contributed by atoms with Crippen molar-refractivity contribution in [2.24, 2.45) is 5.92 Å². The summed E-state index contributed by atoms with van der Waals surface area (Å²) in [6.07, 6.45) is 8.12. The van der Waals surface area contributed by atoms with Crippen LogP contribution in [0.5, 0.6) is 0 Å². The Labute approximate surface area is 179 Å². The van der Waals surface area contributed by atoms with Gasteiger partial charge in [0.05, 0.1) is 24.3 Å². The van der Waals surface area contributed by atoms with E-state index in [9.17, 15) is 4.79 Å². The van der Waals surface area contributed by atoms with Crippen molar-refractivity contribution >= 4 is 39.7 Å². The van der Waals surface area contributed by atoms with Gasteiger partial charge in [-0.15, -0.1) is 11.3 Å². The van der Waals surface area contributed by atoms with Gasteiger partial charge in [-0.2, -0.15) is 0 Å². The first-order valence-corrected chi connectivity index (χ1v) is 11.7. The topological polar surface area (TPSA) is 43.3 Å². The Morgan fingerprint density at radius 1 is 1.17 bits per heavy atom. The number of amides is 1. The zero-order valence-corrected chi connectivity index (χ0v) is 17.8. The molecule has 1 aliphatic heterocycles. The number of carbonyl (C=O) groups is 1. The summed E-state index contributed by atoms with van der Waals surface area (Å²) in [7, 11) is 0. The van der Waals surface area contributed by atoms with E-state index in [0.29, 0.717) is 18.1 Å². The Kier molecular flexibility index (Phi) is 5.37. The average Bonchev–Trinajstić information content (AvgIpc) is 3.40. The second-order valence-corrected chi connectivity index (χ2v) is 9.49. The van der Waals surface area contributed by atoms with E-state index in [-0.39, 0.29) is 23.6 Å². The summed E-state index contributed by atoms with van der Waals surface area (Å²) < 4.78 is 7.46. The number of para-hydroxylation sites is 1. The Morgan fingerprint density at radius 3 is 2.69 bits per heavy atom. The molecule has 3 unspecified atom stereocenters. The Balaban J connectivity index is 1.47. The lowest BCUT2D eigenvalue weighted by molar-refractivity contribution is -0.0523. The molecule has 1 aliphatic carbocycles. The first kappa shape index (κ1) is 19.2. The molecule has 0 spiro atoms. The molecule has 3 atom stereocenters. The zero-order chi connectivity index (χ0) is 19.8. The Bertz CT molecular complexity index is 994. The van der Waals surface area contributed by atoms with Crippen LogP contribution < -0.4 is 5.32 Å². The molecule has 6 heteroatoms. The number of ether oxygens (including phenoxy) is 1. The minimum atomic E-state index is -0.345. The van der Waals surface area contributed by atoms with E-state index in [4.69, 9.17) is 16.3 Å². The van der Waals surface area contributed by atoms with Gasteiger partial charge in [0, 0.05) is 22.0 Å². The molecule has 1 aromatic carbocycles. The van der Waals surface area contributed by atoms with E-state index in [1.54, 1.807) is 11.3 Å². The normalized spacial score (nSPS) is 23.6. The van der Waals surface area contributed by atoms with Crippen molar-refractivity contribution < 1.29 is 9.53 Å². The van der Waals surface area contributed by atoms with Crippen LogP contribution >= 0.6 is 22.9 Å². The number of hydrogen-bond donors (Lipinski definition) is 1. The molecule has 0 radical (unpaired) electrons. The van der Waals surface area contributed by atoms with Gasteiger partial charge >= 0.3 is 0 Å². The number of fused-ring (bicyclic) bond motifs is 1. The Hall–Kier alpha value is -1.82. The minimum absolute atomic E-state index is 0.00436. The average molecular weight is 429 g/mol. The van der Waals surface area contributed by atoms with Crippen molar-refractivity contribution in [1.29, 1.82) is 0 Å². The summed E-state index contributed by atoms with van der Waals surface area (Å²) in [6.45, 7) is 0.577. The molecule has 152 valence electrons. The van der Waals surface area contributed by atoms with Gasteiger partial charge in [-0.25, -0.2) is 0 Å². The van der Waals surface area contributed by atoms with Crippen LogP contribution in [0.3, 0.4) is 0 Å². The first-order valence-electron chi connectivity index (χ1n) is 10.4. The number of carbonyl (C=O) groups excluding carboxylic acids is 1. The highest BCUT2D eigenvalue weighted by molar-refractivity contribution is 7.10. The minimum Gasteiger partial charge on any atom is -0.358 e. The predicted molar refractivity (Wildman–Crippen MR) is 118 cm³/mol. The smallest absolute Gasteiger partial charge is 0.253 e. The molecular weight excluding hydrogens is 404 g/mol. The van der Waals surface area contributed by atoms with Gasteiger partial charge in [0.1, 0.15) is 0 Å². The first-order chi connectivity index (χ1) is 14.2. The van der Waals surface area contributed by atoms with Gasteiger partial charge in [-0.3, -0.25) is 4.79 Å². The lowest BCUT2D eigenvalue weighted by Gasteiger charge is -2.33. The van der Waals surface area contributed by atoms with E-state index < -0.39 is 0 Å². The van der Waals surface area contributed by atoms with Crippen LogP contribution in [0.1, 0.15) is 59.4 Å². The van der Waals surface area contributed by atoms with Crippen LogP contribution in [0, 0.1) is 5.92 Å². The number of halogens is 1. The van der Waals surface area contributed by atoms with E-state index in [1.165, 1.54) is 37.0 Å². The number of nitrogens with one attached hydrogen (secondary N) is 1. The number of hydrogen-bond acceptors (Lipinski definition) is 3. The zero-order valence-electron chi connectivity index (χ0n) is 16.2. The molecular formula is C23H25ClN2O2S. The lowest BCUT2D eigenvalue weighted by Crippen LogP contribution is -2.37. The molecule has 2 fully saturated rings. The van der Waals surface area contributed by atoms with Crippen LogP contribution in [0.15, 0.2) is 48.0 Å². The molecule has 1 saturated heterocycles. The maximum atomic E-state index is 13.4. The van der Waals surface area contributed by atoms with Crippen molar-refractivity contribution in [1.82, 2.24) is 9.88 Å². The summed E-state index contributed by atoms with van der Waals surface area (Å²) in [4.78, 5) is 14.7. The van der Waals surface area contributed by atoms with Gasteiger partial charge in [0.25, 0.3) is 5.91 Å². The number of rotatable bonds is 5. The Morgan fingerprint density at radius 2 is 2.00 bits per heavy atom. The van der Waals surface area contributed by atoms with E-state index in [1.807, 2.05) is 30.5 Å². The lowest BCUT2D eigenvalue weighted by atomic mass is 9.83. The third kappa shape index (κ3) is 3.60. The van der Waals surface area contributed by atoms with Crippen molar-refractivity contribution in [3.63, 3.8) is 0 Å². The SMILES string of the molecule is O=C(NC(c1cccs1)C1CCCCC1)c1cn(C2COC2Cl)c2ccccc12. The molecule has 29 heavy (non-hydrogen) atoms. The molecule has 1 amide bonds. The number of benzene rings is 1. The van der Waals surface area contributed by atoms with Crippen LogP contribution in [-0.2, 0) is 4.74 Å². The maximum Gasteiger partial charge on any atom is 0.253 e. The number of nitrogens with zero attached hydrogens (tertiary/aromatic N) is 1. The molecule has 0 bridgehead atoms.